The van der Waals surface area contributed by atoms with Crippen LogP contribution in [0.2, 0.25) is 0 Å². The van der Waals surface area contributed by atoms with Crippen molar-refractivity contribution >= 4 is 11.4 Å². The molecule has 2 N–H and O–H groups in total. The van der Waals surface area contributed by atoms with Crippen molar-refractivity contribution in [3.8, 4) is 5.75 Å². The van der Waals surface area contributed by atoms with Crippen LogP contribution in [0.15, 0.2) is 48.5 Å². The number of rotatable bonds is 4. The second-order valence-corrected chi connectivity index (χ2v) is 5.62. The van der Waals surface area contributed by atoms with Crippen molar-refractivity contribution in [2.75, 3.05) is 23.3 Å². The van der Waals surface area contributed by atoms with E-state index >= 15 is 0 Å². The van der Waals surface area contributed by atoms with E-state index in [1.54, 1.807) is 12.1 Å². The lowest BCUT2D eigenvalue weighted by Gasteiger charge is -2.28. The lowest BCUT2D eigenvalue weighted by molar-refractivity contribution is 0.475. The third-order valence-electron chi connectivity index (χ3n) is 4.00. The predicted octanol–water partition coefficient (Wildman–Crippen LogP) is 3.99. The van der Waals surface area contributed by atoms with Gasteiger partial charge in [-0.05, 0) is 49.1 Å². The Bertz CT molecular complexity index is 574. The first-order valence-electron chi connectivity index (χ1n) is 7.68. The van der Waals surface area contributed by atoms with Gasteiger partial charge in [0.1, 0.15) is 5.75 Å². The predicted molar refractivity (Wildman–Crippen MR) is 87.9 cm³/mol. The van der Waals surface area contributed by atoms with Crippen molar-refractivity contribution in [2.45, 2.75) is 25.8 Å². The molecule has 1 saturated heterocycles. The monoisotopic (exact) mass is 282 g/mol. The Morgan fingerprint density at radius 3 is 2.43 bits per heavy atom. The molecule has 3 nitrogen and oxygen atoms in total. The van der Waals surface area contributed by atoms with Gasteiger partial charge in [-0.1, -0.05) is 18.2 Å². The Morgan fingerprint density at radius 2 is 1.71 bits per heavy atom. The number of hydrogen-bond acceptors (Lipinski definition) is 3. The maximum atomic E-state index is 9.45. The Balaban J connectivity index is 1.59. The first kappa shape index (κ1) is 13.8. The largest absolute Gasteiger partial charge is 0.508 e. The van der Waals surface area contributed by atoms with Crippen molar-refractivity contribution in [3.05, 3.63) is 54.1 Å². The van der Waals surface area contributed by atoms with Crippen LogP contribution < -0.4 is 10.2 Å². The molecule has 1 heterocycles. The van der Waals surface area contributed by atoms with Gasteiger partial charge in [-0.2, -0.15) is 0 Å². The highest BCUT2D eigenvalue weighted by atomic mass is 16.3. The molecule has 1 aliphatic heterocycles. The molecule has 0 atom stereocenters. The van der Waals surface area contributed by atoms with Gasteiger partial charge < -0.3 is 15.3 Å². The maximum absolute atomic E-state index is 9.45. The molecule has 0 amide bonds. The van der Waals surface area contributed by atoms with Crippen molar-refractivity contribution in [2.24, 2.45) is 0 Å². The van der Waals surface area contributed by atoms with Crippen molar-refractivity contribution in [1.29, 1.82) is 0 Å². The van der Waals surface area contributed by atoms with Gasteiger partial charge >= 0.3 is 0 Å². The van der Waals surface area contributed by atoms with Gasteiger partial charge in [0.15, 0.2) is 0 Å². The van der Waals surface area contributed by atoms with Gasteiger partial charge in [0.25, 0.3) is 0 Å². The summed E-state index contributed by atoms with van der Waals surface area (Å²) in [4.78, 5) is 2.47. The highest BCUT2D eigenvalue weighted by Gasteiger charge is 2.10. The molecule has 1 fully saturated rings. The third kappa shape index (κ3) is 3.69. The van der Waals surface area contributed by atoms with Crippen LogP contribution in [0, 0.1) is 0 Å². The Hall–Kier alpha value is -2.16. The van der Waals surface area contributed by atoms with E-state index in [4.69, 9.17) is 0 Å². The average molecular weight is 282 g/mol. The molecule has 2 aromatic carbocycles. The first-order chi connectivity index (χ1) is 10.3. The molecule has 3 rings (SSSR count). The second kappa shape index (κ2) is 6.53. The van der Waals surface area contributed by atoms with E-state index < -0.39 is 0 Å². The Kier molecular flexibility index (Phi) is 4.29. The van der Waals surface area contributed by atoms with Crippen LogP contribution in [0.3, 0.4) is 0 Å². The molecule has 0 unspecified atom stereocenters. The second-order valence-electron chi connectivity index (χ2n) is 5.62. The van der Waals surface area contributed by atoms with Gasteiger partial charge in [-0.25, -0.2) is 0 Å². The molecule has 110 valence electrons. The molecule has 0 radical (unpaired) electrons. The highest BCUT2D eigenvalue weighted by molar-refractivity contribution is 5.50. The number of phenolic OH excluding ortho intramolecular Hbond substituents is 1. The number of benzene rings is 2. The lowest BCUT2D eigenvalue weighted by atomic mass is 10.1. The Labute approximate surface area is 126 Å². The number of hydrogen-bond donors (Lipinski definition) is 2. The summed E-state index contributed by atoms with van der Waals surface area (Å²) in [5, 5.41) is 12.8. The molecule has 21 heavy (non-hydrogen) atoms. The zero-order valence-electron chi connectivity index (χ0n) is 12.3. The van der Waals surface area contributed by atoms with Gasteiger partial charge in [0.2, 0.25) is 0 Å². The van der Waals surface area contributed by atoms with E-state index in [0.29, 0.717) is 5.75 Å². The van der Waals surface area contributed by atoms with E-state index in [9.17, 15) is 5.11 Å². The van der Waals surface area contributed by atoms with Crippen LogP contribution in [-0.4, -0.2) is 18.2 Å². The summed E-state index contributed by atoms with van der Waals surface area (Å²) in [6.07, 6.45) is 3.98. The summed E-state index contributed by atoms with van der Waals surface area (Å²) in [5.74, 6) is 0.292. The summed E-state index contributed by atoms with van der Waals surface area (Å²) in [6, 6.07) is 16.0. The fraction of sp³-hybridized carbons (Fsp3) is 0.333. The quantitative estimate of drug-likeness (QED) is 0.890. The molecular formula is C18H22N2O. The van der Waals surface area contributed by atoms with E-state index in [-0.39, 0.29) is 0 Å². The van der Waals surface area contributed by atoms with Gasteiger partial charge in [0.05, 0.1) is 0 Å². The molecule has 0 aromatic heterocycles. The van der Waals surface area contributed by atoms with Gasteiger partial charge in [-0.15, -0.1) is 0 Å². The third-order valence-corrected chi connectivity index (χ3v) is 4.00. The summed E-state index contributed by atoms with van der Waals surface area (Å²) in [6.45, 7) is 3.13. The number of nitrogens with one attached hydrogen (secondary N) is 1. The number of piperidine rings is 1. The molecular weight excluding hydrogens is 260 g/mol. The van der Waals surface area contributed by atoms with E-state index in [1.807, 2.05) is 12.1 Å². The van der Waals surface area contributed by atoms with Crippen LogP contribution in [0.5, 0.6) is 5.75 Å². The van der Waals surface area contributed by atoms with Crippen LogP contribution >= 0.6 is 0 Å². The molecule has 0 saturated carbocycles. The molecule has 0 aliphatic carbocycles. The number of aromatic hydroxyl groups is 1. The van der Waals surface area contributed by atoms with Gasteiger partial charge in [0, 0.05) is 37.1 Å². The van der Waals surface area contributed by atoms with E-state index in [2.05, 4.69) is 34.5 Å². The number of nitrogens with zero attached hydrogens (tertiary/aromatic N) is 1. The van der Waals surface area contributed by atoms with Gasteiger partial charge in [-0.3, -0.25) is 0 Å². The van der Waals surface area contributed by atoms with Crippen LogP contribution in [-0.2, 0) is 6.54 Å². The number of anilines is 2. The molecule has 0 spiro atoms. The fourth-order valence-corrected chi connectivity index (χ4v) is 2.80. The number of phenols is 1. The minimum Gasteiger partial charge on any atom is -0.508 e. The van der Waals surface area contributed by atoms with Crippen molar-refractivity contribution < 1.29 is 5.11 Å². The zero-order chi connectivity index (χ0) is 14.5. The normalized spacial score (nSPS) is 15.0. The van der Waals surface area contributed by atoms with E-state index in [0.717, 1.165) is 12.2 Å². The lowest BCUT2D eigenvalue weighted by Crippen LogP contribution is -2.29. The smallest absolute Gasteiger partial charge is 0.117 e. The van der Waals surface area contributed by atoms with Crippen molar-refractivity contribution in [3.63, 3.8) is 0 Å². The first-order valence-corrected chi connectivity index (χ1v) is 7.68. The van der Waals surface area contributed by atoms with Crippen molar-refractivity contribution in [1.82, 2.24) is 0 Å². The summed E-state index contributed by atoms with van der Waals surface area (Å²) in [7, 11) is 0. The Morgan fingerprint density at radius 1 is 0.952 bits per heavy atom. The van der Waals surface area contributed by atoms with Crippen LogP contribution in [0.4, 0.5) is 11.4 Å². The minimum absolute atomic E-state index is 0.292. The van der Waals surface area contributed by atoms with Crippen LogP contribution in [0.25, 0.3) is 0 Å². The molecule has 3 heteroatoms. The SMILES string of the molecule is Oc1cccc(NCc2ccc(N3CCCCC3)cc2)c1. The highest BCUT2D eigenvalue weighted by Crippen LogP contribution is 2.21. The minimum atomic E-state index is 0.292. The van der Waals surface area contributed by atoms with Crippen LogP contribution in [0.1, 0.15) is 24.8 Å². The summed E-state index contributed by atoms with van der Waals surface area (Å²) in [5.41, 5.74) is 3.52. The molecule has 1 aliphatic rings. The van der Waals surface area contributed by atoms with E-state index in [1.165, 1.54) is 43.6 Å². The maximum Gasteiger partial charge on any atom is 0.117 e. The summed E-state index contributed by atoms with van der Waals surface area (Å²) >= 11 is 0. The summed E-state index contributed by atoms with van der Waals surface area (Å²) < 4.78 is 0. The standard InChI is InChI=1S/C18H22N2O/c21-18-6-4-5-16(13-18)19-14-15-7-9-17(10-8-15)20-11-2-1-3-12-20/h4-10,13,19,21H,1-3,11-12,14H2. The topological polar surface area (TPSA) is 35.5 Å². The zero-order valence-corrected chi connectivity index (χ0v) is 12.3. The average Bonchev–Trinajstić information content (AvgIpc) is 2.54. The molecule has 0 bridgehead atoms. The molecule has 2 aromatic rings. The fourth-order valence-electron chi connectivity index (χ4n) is 2.80.